The highest BCUT2D eigenvalue weighted by Gasteiger charge is 2.07. The molecule has 0 atom stereocenters. The number of carbonyl (C=O) groups is 1. The number of nitrogens with one attached hydrogen (secondary N) is 1. The largest absolute Gasteiger partial charge is 0.496 e. The summed E-state index contributed by atoms with van der Waals surface area (Å²) in [6.07, 6.45) is 6.47. The van der Waals surface area contributed by atoms with E-state index in [-0.39, 0.29) is 11.7 Å². The van der Waals surface area contributed by atoms with Crippen LogP contribution in [0.5, 0.6) is 11.5 Å². The molecule has 0 fully saturated rings. The third kappa shape index (κ3) is 7.04. The second kappa shape index (κ2) is 11.5. The Hall–Kier alpha value is -3.91. The molecule has 178 valence electrons. The molecule has 0 bridgehead atoms. The molecule has 1 aromatic heterocycles. The van der Waals surface area contributed by atoms with Gasteiger partial charge in [-0.1, -0.05) is 34.1 Å². The molecule has 4 rings (SSSR count). The normalized spacial score (nSPS) is 10.9. The maximum Gasteiger partial charge on any atom is 0.248 e. The lowest BCUT2D eigenvalue weighted by Gasteiger charge is -2.11. The Kier molecular flexibility index (Phi) is 7.95. The van der Waals surface area contributed by atoms with Crippen molar-refractivity contribution in [3.05, 3.63) is 112 Å². The van der Waals surface area contributed by atoms with Crippen LogP contribution in [0.4, 0.5) is 10.1 Å². The molecule has 0 aliphatic heterocycles. The molecule has 0 saturated carbocycles. The van der Waals surface area contributed by atoms with E-state index in [4.69, 9.17) is 9.47 Å². The number of benzene rings is 3. The number of methoxy groups -OCH3 is 1. The maximum absolute atomic E-state index is 13.1. The highest BCUT2D eigenvalue weighted by Crippen LogP contribution is 2.24. The van der Waals surface area contributed by atoms with Gasteiger partial charge in [-0.05, 0) is 65.7 Å². The highest BCUT2D eigenvalue weighted by atomic mass is 79.9. The Morgan fingerprint density at radius 3 is 2.63 bits per heavy atom. The lowest BCUT2D eigenvalue weighted by molar-refractivity contribution is -0.111. The van der Waals surface area contributed by atoms with Gasteiger partial charge in [0, 0.05) is 22.3 Å². The lowest BCUT2D eigenvalue weighted by Crippen LogP contribution is -2.07. The molecule has 3 aromatic carbocycles. The Morgan fingerprint density at radius 2 is 1.89 bits per heavy atom. The smallest absolute Gasteiger partial charge is 0.248 e. The summed E-state index contributed by atoms with van der Waals surface area (Å²) in [6, 6.07) is 19.4. The van der Waals surface area contributed by atoms with Crippen molar-refractivity contribution in [3.63, 3.8) is 0 Å². The van der Waals surface area contributed by atoms with Gasteiger partial charge >= 0.3 is 0 Å². The molecule has 4 aromatic rings. The molecule has 0 aliphatic rings. The second-order valence-electron chi connectivity index (χ2n) is 7.69. The molecule has 0 saturated heterocycles. The molecule has 35 heavy (non-hydrogen) atoms. The number of nitrogens with zero attached hydrogens (tertiary/aromatic N) is 2. The molecule has 1 amide bonds. The van der Waals surface area contributed by atoms with Gasteiger partial charge in [0.2, 0.25) is 5.91 Å². The molecular formula is C27H23BrFN3O3. The fourth-order valence-corrected chi connectivity index (χ4v) is 3.62. The molecule has 0 aliphatic carbocycles. The van der Waals surface area contributed by atoms with Crippen molar-refractivity contribution in [2.24, 2.45) is 0 Å². The van der Waals surface area contributed by atoms with Crippen LogP contribution in [-0.2, 0) is 17.9 Å². The fourth-order valence-electron chi connectivity index (χ4n) is 3.35. The summed E-state index contributed by atoms with van der Waals surface area (Å²) < 4.78 is 27.0. The van der Waals surface area contributed by atoms with E-state index >= 15 is 0 Å². The summed E-state index contributed by atoms with van der Waals surface area (Å²) in [4.78, 5) is 12.4. The van der Waals surface area contributed by atoms with Crippen molar-refractivity contribution in [1.29, 1.82) is 0 Å². The second-order valence-corrected chi connectivity index (χ2v) is 8.61. The topological polar surface area (TPSA) is 65.4 Å². The zero-order valence-electron chi connectivity index (χ0n) is 18.9. The van der Waals surface area contributed by atoms with E-state index in [2.05, 4.69) is 26.3 Å². The van der Waals surface area contributed by atoms with Crippen molar-refractivity contribution in [3.8, 4) is 11.5 Å². The van der Waals surface area contributed by atoms with E-state index in [1.165, 1.54) is 18.2 Å². The first-order valence-corrected chi connectivity index (χ1v) is 11.6. The van der Waals surface area contributed by atoms with Gasteiger partial charge in [0.05, 0.1) is 25.5 Å². The zero-order valence-corrected chi connectivity index (χ0v) is 20.5. The Bertz CT molecular complexity index is 1320. The van der Waals surface area contributed by atoms with E-state index in [1.54, 1.807) is 42.4 Å². The minimum Gasteiger partial charge on any atom is -0.496 e. The highest BCUT2D eigenvalue weighted by molar-refractivity contribution is 9.10. The van der Waals surface area contributed by atoms with Crippen LogP contribution >= 0.6 is 15.9 Å². The minimum absolute atomic E-state index is 0.282. The maximum atomic E-state index is 13.1. The Morgan fingerprint density at radius 1 is 1.11 bits per heavy atom. The van der Waals surface area contributed by atoms with Crippen molar-refractivity contribution in [2.75, 3.05) is 12.4 Å². The first-order valence-electron chi connectivity index (χ1n) is 10.8. The monoisotopic (exact) mass is 535 g/mol. The van der Waals surface area contributed by atoms with E-state index in [9.17, 15) is 9.18 Å². The number of hydrogen-bond donors (Lipinski definition) is 1. The van der Waals surface area contributed by atoms with Crippen molar-refractivity contribution in [2.45, 2.75) is 13.2 Å². The fraction of sp³-hybridized carbons (Fsp3) is 0.111. The SMILES string of the molecule is COc1ccc(/C=C/C(=O)Nc2cnn(Cc3ccc(F)cc3)c2)cc1COc1ccc(Br)cc1. The Labute approximate surface area is 211 Å². The number of rotatable bonds is 9. The number of amides is 1. The summed E-state index contributed by atoms with van der Waals surface area (Å²) in [5.41, 5.74) is 3.18. The van der Waals surface area contributed by atoms with Crippen LogP contribution < -0.4 is 14.8 Å². The predicted molar refractivity (Wildman–Crippen MR) is 137 cm³/mol. The summed E-state index contributed by atoms with van der Waals surface area (Å²) >= 11 is 3.41. The predicted octanol–water partition coefficient (Wildman–Crippen LogP) is 6.07. The van der Waals surface area contributed by atoms with Crippen molar-refractivity contribution in [1.82, 2.24) is 9.78 Å². The van der Waals surface area contributed by atoms with Gasteiger partial charge in [-0.3, -0.25) is 9.48 Å². The van der Waals surface area contributed by atoms with Crippen LogP contribution in [0.3, 0.4) is 0 Å². The molecule has 1 N–H and O–H groups in total. The number of ether oxygens (including phenoxy) is 2. The van der Waals surface area contributed by atoms with Crippen molar-refractivity contribution >= 4 is 33.6 Å². The molecular weight excluding hydrogens is 513 g/mol. The van der Waals surface area contributed by atoms with E-state index in [0.717, 1.165) is 26.9 Å². The molecule has 0 unspecified atom stereocenters. The van der Waals surface area contributed by atoms with E-state index < -0.39 is 0 Å². The van der Waals surface area contributed by atoms with Gasteiger partial charge in [-0.25, -0.2) is 4.39 Å². The number of anilines is 1. The first-order chi connectivity index (χ1) is 17.0. The minimum atomic E-state index is -0.283. The van der Waals surface area contributed by atoms with Gasteiger partial charge in [0.25, 0.3) is 0 Å². The summed E-state index contributed by atoms with van der Waals surface area (Å²) in [6.45, 7) is 0.800. The van der Waals surface area contributed by atoms with Crippen LogP contribution in [0.1, 0.15) is 16.7 Å². The van der Waals surface area contributed by atoms with Gasteiger partial charge < -0.3 is 14.8 Å². The molecule has 0 spiro atoms. The number of hydrogen-bond acceptors (Lipinski definition) is 4. The zero-order chi connectivity index (χ0) is 24.6. The van der Waals surface area contributed by atoms with Gasteiger partial charge in [0.1, 0.15) is 23.9 Å². The third-order valence-corrected chi connectivity index (χ3v) is 5.63. The van der Waals surface area contributed by atoms with E-state index in [1.807, 2.05) is 42.5 Å². The summed E-state index contributed by atoms with van der Waals surface area (Å²) in [7, 11) is 1.61. The average molecular weight is 536 g/mol. The molecule has 8 heteroatoms. The lowest BCUT2D eigenvalue weighted by atomic mass is 10.1. The van der Waals surface area contributed by atoms with Crippen LogP contribution in [0.15, 0.2) is 89.7 Å². The average Bonchev–Trinajstić information content (AvgIpc) is 3.30. The number of aromatic nitrogens is 2. The van der Waals surface area contributed by atoms with Gasteiger partial charge in [-0.15, -0.1) is 0 Å². The quantitative estimate of drug-likeness (QED) is 0.264. The van der Waals surface area contributed by atoms with Crippen LogP contribution in [-0.4, -0.2) is 22.8 Å². The molecule has 6 nitrogen and oxygen atoms in total. The molecule has 0 radical (unpaired) electrons. The van der Waals surface area contributed by atoms with Crippen LogP contribution in [0, 0.1) is 5.82 Å². The van der Waals surface area contributed by atoms with Gasteiger partial charge in [-0.2, -0.15) is 5.10 Å². The first kappa shape index (κ1) is 24.2. The van der Waals surface area contributed by atoms with Gasteiger partial charge in [0.15, 0.2) is 0 Å². The Balaban J connectivity index is 1.36. The van der Waals surface area contributed by atoms with Crippen LogP contribution in [0.2, 0.25) is 0 Å². The van der Waals surface area contributed by atoms with Crippen molar-refractivity contribution < 1.29 is 18.7 Å². The molecule has 1 heterocycles. The number of carbonyl (C=O) groups excluding carboxylic acids is 1. The third-order valence-electron chi connectivity index (χ3n) is 5.10. The summed E-state index contributed by atoms with van der Waals surface area (Å²) in [5, 5.41) is 7.03. The van der Waals surface area contributed by atoms with Crippen LogP contribution in [0.25, 0.3) is 6.08 Å². The van der Waals surface area contributed by atoms with E-state index in [0.29, 0.717) is 24.6 Å². The summed E-state index contributed by atoms with van der Waals surface area (Å²) in [5.74, 6) is 0.887. The number of halogens is 2. The standard InChI is InChI=1S/C27H23BrFN3O3/c1-34-26-12-4-19(14-21(26)18-35-25-10-6-22(28)7-11-25)5-13-27(33)31-24-15-30-32(17-24)16-20-2-8-23(29)9-3-20/h2-15,17H,16,18H2,1H3,(H,31,33)/b13-5+.